The first kappa shape index (κ1) is 20.4. The van der Waals surface area contributed by atoms with Gasteiger partial charge in [0.05, 0.1) is 6.26 Å². The Balaban J connectivity index is 0.00000225. The lowest BCUT2D eigenvalue weighted by atomic mass is 9.89. The van der Waals surface area contributed by atoms with Crippen LogP contribution in [0, 0.1) is 5.92 Å². The van der Waals surface area contributed by atoms with E-state index in [-0.39, 0.29) is 30.0 Å². The van der Waals surface area contributed by atoms with E-state index in [0.717, 1.165) is 18.4 Å². The number of anilines is 1. The molecule has 2 aliphatic heterocycles. The van der Waals surface area contributed by atoms with E-state index in [1.165, 1.54) is 19.1 Å². The third kappa shape index (κ3) is 5.14. The summed E-state index contributed by atoms with van der Waals surface area (Å²) in [7, 11) is 0. The van der Waals surface area contributed by atoms with Gasteiger partial charge in [0.2, 0.25) is 5.91 Å². The number of nitrogens with one attached hydrogen (secondary N) is 3. The van der Waals surface area contributed by atoms with Crippen LogP contribution in [0.3, 0.4) is 0 Å². The first-order chi connectivity index (χ1) is 13.2. The van der Waals surface area contributed by atoms with Gasteiger partial charge >= 0.3 is 0 Å². The van der Waals surface area contributed by atoms with Crippen LogP contribution in [0.4, 0.5) is 5.69 Å². The highest BCUT2D eigenvalue weighted by atomic mass is 35.5. The number of amides is 2. The lowest BCUT2D eigenvalue weighted by Gasteiger charge is -2.28. The van der Waals surface area contributed by atoms with Crippen LogP contribution in [0.1, 0.15) is 48.2 Å². The van der Waals surface area contributed by atoms with E-state index in [1.54, 1.807) is 12.1 Å². The third-order valence-electron chi connectivity index (χ3n) is 5.49. The van der Waals surface area contributed by atoms with Crippen LogP contribution in [-0.4, -0.2) is 23.9 Å². The zero-order valence-corrected chi connectivity index (χ0v) is 16.5. The van der Waals surface area contributed by atoms with Gasteiger partial charge in [-0.2, -0.15) is 0 Å². The molecule has 3 heterocycles. The predicted molar refractivity (Wildman–Crippen MR) is 109 cm³/mol. The molecular formula is C21H26ClN3O3. The van der Waals surface area contributed by atoms with Gasteiger partial charge in [-0.25, -0.2) is 0 Å². The van der Waals surface area contributed by atoms with Gasteiger partial charge in [0.25, 0.3) is 5.91 Å². The summed E-state index contributed by atoms with van der Waals surface area (Å²) in [4.78, 5) is 24.2. The van der Waals surface area contributed by atoms with Gasteiger partial charge in [0, 0.05) is 30.7 Å². The summed E-state index contributed by atoms with van der Waals surface area (Å²) in [5.41, 5.74) is 1.70. The lowest BCUT2D eigenvalue weighted by molar-refractivity contribution is -0.122. The topological polar surface area (TPSA) is 83.4 Å². The molecule has 2 amide bonds. The number of piperidine rings is 1. The summed E-state index contributed by atoms with van der Waals surface area (Å²) in [6.45, 7) is 0.503. The molecule has 2 unspecified atom stereocenters. The molecule has 2 aliphatic rings. The number of carbonyl (C=O) groups is 2. The fraction of sp³-hybridized carbons (Fsp3) is 0.429. The molecule has 2 saturated heterocycles. The summed E-state index contributed by atoms with van der Waals surface area (Å²) < 4.78 is 5.07. The van der Waals surface area contributed by atoms with Gasteiger partial charge in [-0.05, 0) is 61.4 Å². The minimum Gasteiger partial charge on any atom is -0.459 e. The van der Waals surface area contributed by atoms with Crippen molar-refractivity contribution in [1.29, 1.82) is 0 Å². The largest absolute Gasteiger partial charge is 0.459 e. The van der Waals surface area contributed by atoms with Crippen LogP contribution in [0.15, 0.2) is 47.1 Å². The van der Waals surface area contributed by atoms with Crippen LogP contribution in [-0.2, 0) is 11.3 Å². The Morgan fingerprint density at radius 1 is 1.07 bits per heavy atom. The summed E-state index contributed by atoms with van der Waals surface area (Å²) in [5.74, 6) is 0.620. The van der Waals surface area contributed by atoms with Gasteiger partial charge in [0.1, 0.15) is 0 Å². The van der Waals surface area contributed by atoms with E-state index in [4.69, 9.17) is 4.42 Å². The average Bonchev–Trinajstić information content (AvgIpc) is 3.31. The second kappa shape index (κ2) is 9.26. The molecule has 3 N–H and O–H groups in total. The molecule has 6 nitrogen and oxygen atoms in total. The molecule has 2 fully saturated rings. The van der Waals surface area contributed by atoms with Crippen LogP contribution in [0.5, 0.6) is 0 Å². The number of rotatable bonds is 6. The minimum atomic E-state index is -0.281. The summed E-state index contributed by atoms with van der Waals surface area (Å²) >= 11 is 0. The van der Waals surface area contributed by atoms with Gasteiger partial charge in [-0.15, -0.1) is 12.4 Å². The van der Waals surface area contributed by atoms with Crippen molar-refractivity contribution in [3.05, 3.63) is 54.0 Å². The molecule has 1 aromatic carbocycles. The number of hydrogen-bond acceptors (Lipinski definition) is 4. The Kier molecular flexibility index (Phi) is 6.75. The first-order valence-electron chi connectivity index (χ1n) is 9.62. The Labute approximate surface area is 170 Å². The molecule has 0 radical (unpaired) electrons. The van der Waals surface area contributed by atoms with Crippen molar-refractivity contribution in [2.24, 2.45) is 5.92 Å². The van der Waals surface area contributed by atoms with E-state index in [0.29, 0.717) is 36.7 Å². The Morgan fingerprint density at radius 2 is 1.79 bits per heavy atom. The van der Waals surface area contributed by atoms with E-state index in [1.807, 2.05) is 24.3 Å². The summed E-state index contributed by atoms with van der Waals surface area (Å²) in [6, 6.07) is 12.0. The Morgan fingerprint density at radius 3 is 2.43 bits per heavy atom. The molecule has 150 valence electrons. The Hall–Kier alpha value is -2.31. The molecule has 7 heteroatoms. The molecule has 2 atom stereocenters. The second-order valence-electron chi connectivity index (χ2n) is 7.58. The average molecular weight is 404 g/mol. The van der Waals surface area contributed by atoms with Gasteiger partial charge in [-0.1, -0.05) is 12.1 Å². The van der Waals surface area contributed by atoms with Crippen molar-refractivity contribution in [3.63, 3.8) is 0 Å². The molecular weight excluding hydrogens is 378 g/mol. The quantitative estimate of drug-likeness (QED) is 0.689. The van der Waals surface area contributed by atoms with Crippen LogP contribution in [0.2, 0.25) is 0 Å². The van der Waals surface area contributed by atoms with Crippen molar-refractivity contribution in [2.75, 3.05) is 5.32 Å². The monoisotopic (exact) mass is 403 g/mol. The molecule has 2 bridgehead atoms. The van der Waals surface area contributed by atoms with Crippen molar-refractivity contribution >= 4 is 29.9 Å². The maximum atomic E-state index is 12.3. The molecule has 0 aliphatic carbocycles. The maximum absolute atomic E-state index is 12.3. The molecule has 28 heavy (non-hydrogen) atoms. The predicted octanol–water partition coefficient (Wildman–Crippen LogP) is 3.49. The second-order valence-corrected chi connectivity index (χ2v) is 7.58. The SMILES string of the molecule is Cl.O=C(CC1CC2CCC(C1)N2)NCc1ccc(NC(=O)c2ccco2)cc1. The molecule has 1 aromatic heterocycles. The number of hydrogen-bond donors (Lipinski definition) is 3. The maximum Gasteiger partial charge on any atom is 0.291 e. The number of carbonyl (C=O) groups excluding carboxylic acids is 2. The standard InChI is InChI=1S/C21H25N3O3.ClH/c25-20(12-15-10-17-7-8-18(11-15)23-17)22-13-14-3-5-16(6-4-14)24-21(26)19-2-1-9-27-19;/h1-6,9,15,17-18,23H,7-8,10-13H2,(H,22,25)(H,24,26);1H. The third-order valence-corrected chi connectivity index (χ3v) is 5.49. The fourth-order valence-corrected chi connectivity index (χ4v) is 4.18. The van der Waals surface area contributed by atoms with Crippen molar-refractivity contribution in [1.82, 2.24) is 10.6 Å². The molecule has 4 rings (SSSR count). The normalized spacial score (nSPS) is 22.9. The van der Waals surface area contributed by atoms with Crippen LogP contribution >= 0.6 is 12.4 Å². The highest BCUT2D eigenvalue weighted by molar-refractivity contribution is 6.02. The Bertz CT molecular complexity index is 780. The molecule has 0 saturated carbocycles. The zero-order valence-electron chi connectivity index (χ0n) is 15.6. The van der Waals surface area contributed by atoms with E-state index >= 15 is 0 Å². The number of benzene rings is 1. The summed E-state index contributed by atoms with van der Waals surface area (Å²) in [6.07, 6.45) is 6.83. The molecule has 2 aromatic rings. The van der Waals surface area contributed by atoms with Gasteiger partial charge < -0.3 is 20.4 Å². The smallest absolute Gasteiger partial charge is 0.291 e. The van der Waals surface area contributed by atoms with E-state index in [9.17, 15) is 9.59 Å². The number of halogens is 1. The zero-order chi connectivity index (χ0) is 18.6. The minimum absolute atomic E-state index is 0. The van der Waals surface area contributed by atoms with Crippen LogP contribution in [0.25, 0.3) is 0 Å². The van der Waals surface area contributed by atoms with Gasteiger partial charge in [0.15, 0.2) is 5.76 Å². The van der Waals surface area contributed by atoms with E-state index < -0.39 is 0 Å². The van der Waals surface area contributed by atoms with Crippen molar-refractivity contribution in [2.45, 2.75) is 50.7 Å². The van der Waals surface area contributed by atoms with Crippen molar-refractivity contribution < 1.29 is 14.0 Å². The lowest BCUT2D eigenvalue weighted by Crippen LogP contribution is -2.39. The number of furan rings is 1. The van der Waals surface area contributed by atoms with Gasteiger partial charge in [-0.3, -0.25) is 9.59 Å². The number of fused-ring (bicyclic) bond motifs is 2. The highest BCUT2D eigenvalue weighted by Crippen LogP contribution is 2.32. The first-order valence-corrected chi connectivity index (χ1v) is 9.62. The summed E-state index contributed by atoms with van der Waals surface area (Å²) in [5, 5.41) is 9.41. The van der Waals surface area contributed by atoms with E-state index in [2.05, 4.69) is 16.0 Å². The fourth-order valence-electron chi connectivity index (χ4n) is 4.18. The van der Waals surface area contributed by atoms with Crippen molar-refractivity contribution in [3.8, 4) is 0 Å². The highest BCUT2D eigenvalue weighted by Gasteiger charge is 2.34. The molecule has 0 spiro atoms. The van der Waals surface area contributed by atoms with Crippen LogP contribution < -0.4 is 16.0 Å².